The van der Waals surface area contributed by atoms with Crippen molar-refractivity contribution >= 4 is 27.5 Å². The van der Waals surface area contributed by atoms with Crippen molar-refractivity contribution in [3.8, 4) is 0 Å². The maximum Gasteiger partial charge on any atom is 0.254 e. The largest absolute Gasteiger partial charge is 0.452 e. The summed E-state index contributed by atoms with van der Waals surface area (Å²) in [5.41, 5.74) is 6.84. The normalized spacial score (nSPS) is 10.3. The Morgan fingerprint density at radius 1 is 1.28 bits per heavy atom. The van der Waals surface area contributed by atoms with Crippen LogP contribution in [0.2, 0.25) is 0 Å². The molecule has 2 N–H and O–H groups in total. The molecule has 18 heavy (non-hydrogen) atoms. The lowest BCUT2D eigenvalue weighted by Gasteiger charge is -2.15. The number of anilines is 1. The number of nitrogens with zero attached hydrogens (tertiary/aromatic N) is 1. The predicted molar refractivity (Wildman–Crippen MR) is 73.1 cm³/mol. The molecule has 0 aliphatic heterocycles. The molecule has 1 aromatic carbocycles. The maximum absolute atomic E-state index is 12.1. The first-order chi connectivity index (χ1) is 8.56. The highest BCUT2D eigenvalue weighted by Crippen LogP contribution is 2.16. The molecule has 2 aromatic rings. The van der Waals surface area contributed by atoms with Gasteiger partial charge in [-0.3, -0.25) is 4.79 Å². The minimum atomic E-state index is -0.0671. The Hall–Kier alpha value is -1.75. The zero-order chi connectivity index (χ0) is 13.1. The predicted octanol–water partition coefficient (Wildman–Crippen LogP) is 2.90. The second-order valence-electron chi connectivity index (χ2n) is 3.99. The average molecular weight is 309 g/mol. The first-order valence-electron chi connectivity index (χ1n) is 5.41. The molecule has 0 aliphatic carbocycles. The number of furan rings is 1. The van der Waals surface area contributed by atoms with Gasteiger partial charge in [0, 0.05) is 18.3 Å². The van der Waals surface area contributed by atoms with E-state index in [0.29, 0.717) is 22.5 Å². The summed E-state index contributed by atoms with van der Waals surface area (Å²) in [6.07, 6.45) is 0. The first kappa shape index (κ1) is 12.7. The molecule has 0 bridgehead atoms. The van der Waals surface area contributed by atoms with E-state index in [1.54, 1.807) is 42.3 Å². The molecule has 1 amide bonds. The SMILES string of the molecule is CN(Cc1ccc(Br)o1)C(=O)c1ccc(N)cc1. The summed E-state index contributed by atoms with van der Waals surface area (Å²) < 4.78 is 6.02. The van der Waals surface area contributed by atoms with Crippen LogP contribution in [0.4, 0.5) is 5.69 Å². The smallest absolute Gasteiger partial charge is 0.254 e. The summed E-state index contributed by atoms with van der Waals surface area (Å²) in [6.45, 7) is 0.425. The molecule has 1 aromatic heterocycles. The quantitative estimate of drug-likeness (QED) is 0.887. The van der Waals surface area contributed by atoms with Crippen molar-refractivity contribution in [2.45, 2.75) is 6.54 Å². The molecular weight excluding hydrogens is 296 g/mol. The molecule has 0 atom stereocenters. The number of carbonyl (C=O) groups excluding carboxylic acids is 1. The van der Waals surface area contributed by atoms with Crippen molar-refractivity contribution in [2.24, 2.45) is 0 Å². The Bertz CT molecular complexity index is 548. The number of carbonyl (C=O) groups is 1. The van der Waals surface area contributed by atoms with Crippen LogP contribution in [-0.4, -0.2) is 17.9 Å². The standard InChI is InChI=1S/C13H13BrN2O2/c1-16(8-11-6-7-12(14)18-11)13(17)9-2-4-10(15)5-3-9/h2-7H,8,15H2,1H3. The number of halogens is 1. The number of amides is 1. The lowest BCUT2D eigenvalue weighted by Crippen LogP contribution is -2.25. The zero-order valence-electron chi connectivity index (χ0n) is 9.89. The fourth-order valence-corrected chi connectivity index (χ4v) is 1.93. The fourth-order valence-electron chi connectivity index (χ4n) is 1.59. The Morgan fingerprint density at radius 3 is 2.50 bits per heavy atom. The number of nitrogen functional groups attached to an aromatic ring is 1. The summed E-state index contributed by atoms with van der Waals surface area (Å²) >= 11 is 3.23. The van der Waals surface area contributed by atoms with Crippen LogP contribution in [-0.2, 0) is 6.54 Å². The first-order valence-corrected chi connectivity index (χ1v) is 6.21. The lowest BCUT2D eigenvalue weighted by atomic mass is 10.2. The van der Waals surface area contributed by atoms with E-state index in [-0.39, 0.29) is 5.91 Å². The van der Waals surface area contributed by atoms with Crippen LogP contribution >= 0.6 is 15.9 Å². The van der Waals surface area contributed by atoms with Crippen molar-refractivity contribution in [1.82, 2.24) is 4.90 Å². The van der Waals surface area contributed by atoms with Crippen molar-refractivity contribution < 1.29 is 9.21 Å². The fraction of sp³-hybridized carbons (Fsp3) is 0.154. The summed E-state index contributed by atoms with van der Waals surface area (Å²) in [5, 5.41) is 0. The van der Waals surface area contributed by atoms with Crippen molar-refractivity contribution in [2.75, 3.05) is 12.8 Å². The van der Waals surface area contributed by atoms with E-state index in [1.165, 1.54) is 0 Å². The molecule has 0 fully saturated rings. The summed E-state index contributed by atoms with van der Waals surface area (Å²) in [5.74, 6) is 0.663. The van der Waals surface area contributed by atoms with E-state index in [9.17, 15) is 4.79 Å². The summed E-state index contributed by atoms with van der Waals surface area (Å²) in [6, 6.07) is 10.5. The third kappa shape index (κ3) is 2.92. The van der Waals surface area contributed by atoms with Crippen LogP contribution in [0.1, 0.15) is 16.1 Å². The highest BCUT2D eigenvalue weighted by molar-refractivity contribution is 9.10. The molecule has 0 saturated heterocycles. The van der Waals surface area contributed by atoms with Crippen LogP contribution in [0.3, 0.4) is 0 Å². The zero-order valence-corrected chi connectivity index (χ0v) is 11.5. The summed E-state index contributed by atoms with van der Waals surface area (Å²) in [7, 11) is 1.73. The third-order valence-electron chi connectivity index (χ3n) is 2.53. The highest BCUT2D eigenvalue weighted by atomic mass is 79.9. The lowest BCUT2D eigenvalue weighted by molar-refractivity contribution is 0.0775. The third-order valence-corrected chi connectivity index (χ3v) is 2.95. The number of hydrogen-bond donors (Lipinski definition) is 1. The van der Waals surface area contributed by atoms with Crippen molar-refractivity contribution in [1.29, 1.82) is 0 Å². The number of hydrogen-bond acceptors (Lipinski definition) is 3. The van der Waals surface area contributed by atoms with Gasteiger partial charge in [-0.25, -0.2) is 0 Å². The molecule has 0 spiro atoms. The van der Waals surface area contributed by atoms with E-state index in [2.05, 4.69) is 15.9 Å². The minimum Gasteiger partial charge on any atom is -0.452 e. The van der Waals surface area contributed by atoms with E-state index < -0.39 is 0 Å². The van der Waals surface area contributed by atoms with E-state index in [1.807, 2.05) is 6.07 Å². The van der Waals surface area contributed by atoms with Crippen LogP contribution in [0.25, 0.3) is 0 Å². The molecular formula is C13H13BrN2O2. The van der Waals surface area contributed by atoms with Gasteiger partial charge in [0.1, 0.15) is 5.76 Å². The van der Waals surface area contributed by atoms with Gasteiger partial charge in [-0.1, -0.05) is 0 Å². The second kappa shape index (κ2) is 5.27. The number of nitrogens with two attached hydrogens (primary N) is 1. The highest BCUT2D eigenvalue weighted by Gasteiger charge is 2.13. The van der Waals surface area contributed by atoms with Gasteiger partial charge in [0.15, 0.2) is 4.67 Å². The van der Waals surface area contributed by atoms with Crippen LogP contribution < -0.4 is 5.73 Å². The topological polar surface area (TPSA) is 59.5 Å². The Labute approximate surface area is 114 Å². The minimum absolute atomic E-state index is 0.0671. The Morgan fingerprint density at radius 2 is 1.94 bits per heavy atom. The van der Waals surface area contributed by atoms with E-state index in [0.717, 1.165) is 5.76 Å². The Kier molecular flexibility index (Phi) is 3.72. The monoisotopic (exact) mass is 308 g/mol. The number of benzene rings is 1. The van der Waals surface area contributed by atoms with Gasteiger partial charge < -0.3 is 15.1 Å². The number of rotatable bonds is 3. The van der Waals surface area contributed by atoms with Crippen LogP contribution in [0.5, 0.6) is 0 Å². The van der Waals surface area contributed by atoms with E-state index in [4.69, 9.17) is 10.2 Å². The van der Waals surface area contributed by atoms with Gasteiger partial charge in [-0.2, -0.15) is 0 Å². The molecule has 0 unspecified atom stereocenters. The maximum atomic E-state index is 12.1. The summed E-state index contributed by atoms with van der Waals surface area (Å²) in [4.78, 5) is 13.7. The van der Waals surface area contributed by atoms with Gasteiger partial charge in [0.25, 0.3) is 5.91 Å². The van der Waals surface area contributed by atoms with Crippen LogP contribution in [0.15, 0.2) is 45.5 Å². The molecule has 4 nitrogen and oxygen atoms in total. The van der Waals surface area contributed by atoms with Crippen molar-refractivity contribution in [3.63, 3.8) is 0 Å². The average Bonchev–Trinajstić information content (AvgIpc) is 2.75. The van der Waals surface area contributed by atoms with Gasteiger partial charge >= 0.3 is 0 Å². The molecule has 0 saturated carbocycles. The molecule has 2 rings (SSSR count). The van der Waals surface area contributed by atoms with Gasteiger partial charge in [0.05, 0.1) is 6.54 Å². The van der Waals surface area contributed by atoms with Gasteiger partial charge in [0.2, 0.25) is 0 Å². The van der Waals surface area contributed by atoms with Gasteiger partial charge in [-0.15, -0.1) is 0 Å². The Balaban J connectivity index is 2.07. The molecule has 5 heteroatoms. The van der Waals surface area contributed by atoms with Gasteiger partial charge in [-0.05, 0) is 52.3 Å². The molecule has 0 radical (unpaired) electrons. The molecule has 0 aliphatic rings. The second-order valence-corrected chi connectivity index (χ2v) is 4.77. The van der Waals surface area contributed by atoms with Crippen molar-refractivity contribution in [3.05, 3.63) is 52.4 Å². The van der Waals surface area contributed by atoms with Crippen LogP contribution in [0, 0.1) is 0 Å². The molecule has 94 valence electrons. The molecule has 1 heterocycles. The van der Waals surface area contributed by atoms with E-state index >= 15 is 0 Å².